The maximum atomic E-state index is 13.4. The Bertz CT molecular complexity index is 1190. The van der Waals surface area contributed by atoms with Crippen LogP contribution in [0.4, 0.5) is 13.2 Å². The zero-order chi connectivity index (χ0) is 29.7. The topological polar surface area (TPSA) is 85.8 Å². The lowest BCUT2D eigenvalue weighted by Gasteiger charge is -2.38. The standard InChI is InChI=1S/C31H41F3N4O4/c1-20-25(11-10-24-4-3-5-27(42-24)21-6-8-22(9-7-21)31(32,33)34)35-19-36-29(20)30(39)38-15-12-23(13-16-38)37-26-14-17-41-18-28(26)40-2/h6-9,19,23-24,26-28,37H,3-5,10-18H2,1-2H3/t24-,26-,27+,28+/m1/s1. The number of carbonyl (C=O) groups is 1. The van der Waals surface area contributed by atoms with Crippen LogP contribution >= 0.6 is 0 Å². The van der Waals surface area contributed by atoms with E-state index >= 15 is 0 Å². The van der Waals surface area contributed by atoms with Crippen molar-refractivity contribution in [1.82, 2.24) is 20.2 Å². The fourth-order valence-electron chi connectivity index (χ4n) is 6.33. The van der Waals surface area contributed by atoms with E-state index in [0.29, 0.717) is 44.3 Å². The Morgan fingerprint density at radius 2 is 1.86 bits per heavy atom. The summed E-state index contributed by atoms with van der Waals surface area (Å²) in [5.74, 6) is -0.0632. The molecule has 0 saturated carbocycles. The maximum Gasteiger partial charge on any atom is 0.416 e. The number of carbonyl (C=O) groups excluding carboxylic acids is 1. The summed E-state index contributed by atoms with van der Waals surface area (Å²) < 4.78 is 56.2. The van der Waals surface area contributed by atoms with Crippen molar-refractivity contribution in [3.63, 3.8) is 0 Å². The van der Waals surface area contributed by atoms with E-state index in [4.69, 9.17) is 14.2 Å². The average molecular weight is 591 g/mol. The zero-order valence-electron chi connectivity index (χ0n) is 24.4. The van der Waals surface area contributed by atoms with Crippen LogP contribution in [0.2, 0.25) is 0 Å². The second-order valence-electron chi connectivity index (χ2n) is 11.6. The molecule has 4 atom stereocenters. The third kappa shape index (κ3) is 7.48. The summed E-state index contributed by atoms with van der Waals surface area (Å²) in [4.78, 5) is 24.2. The molecule has 0 bridgehead atoms. The quantitative estimate of drug-likeness (QED) is 0.461. The maximum absolute atomic E-state index is 13.4. The summed E-state index contributed by atoms with van der Waals surface area (Å²) in [5.41, 5.74) is 2.18. The number of aromatic nitrogens is 2. The highest BCUT2D eigenvalue weighted by atomic mass is 19.4. The summed E-state index contributed by atoms with van der Waals surface area (Å²) in [7, 11) is 1.72. The van der Waals surface area contributed by atoms with Crippen LogP contribution in [0, 0.1) is 6.92 Å². The summed E-state index contributed by atoms with van der Waals surface area (Å²) in [6.07, 6.45) is 3.53. The van der Waals surface area contributed by atoms with E-state index in [0.717, 1.165) is 74.1 Å². The molecule has 4 heterocycles. The molecule has 1 aromatic carbocycles. The second kappa shape index (κ2) is 13.8. The molecule has 11 heteroatoms. The number of alkyl halides is 3. The molecule has 5 rings (SSSR count). The van der Waals surface area contributed by atoms with E-state index < -0.39 is 11.7 Å². The molecule has 2 aromatic rings. The number of methoxy groups -OCH3 is 1. The van der Waals surface area contributed by atoms with E-state index in [-0.39, 0.29) is 30.3 Å². The molecule has 1 aromatic heterocycles. The summed E-state index contributed by atoms with van der Waals surface area (Å²) >= 11 is 0. The molecule has 3 aliphatic rings. The first-order valence-electron chi connectivity index (χ1n) is 15.0. The van der Waals surface area contributed by atoms with E-state index in [1.165, 1.54) is 18.5 Å². The van der Waals surface area contributed by atoms with Gasteiger partial charge in [0.05, 0.1) is 30.5 Å². The first kappa shape index (κ1) is 30.8. The number of piperidine rings is 1. The number of ether oxygens (including phenoxy) is 3. The Hall–Kier alpha value is -2.60. The minimum Gasteiger partial charge on any atom is -0.379 e. The Morgan fingerprint density at radius 1 is 1.10 bits per heavy atom. The highest BCUT2D eigenvalue weighted by Crippen LogP contribution is 2.35. The predicted octanol–water partition coefficient (Wildman–Crippen LogP) is 5.04. The van der Waals surface area contributed by atoms with Gasteiger partial charge in [0.15, 0.2) is 0 Å². The minimum absolute atomic E-state index is 0.0282. The number of aryl methyl sites for hydroxylation is 1. The van der Waals surface area contributed by atoms with Crippen LogP contribution in [0.5, 0.6) is 0 Å². The Labute approximate surface area is 245 Å². The van der Waals surface area contributed by atoms with Crippen LogP contribution in [0.1, 0.15) is 83.9 Å². The van der Waals surface area contributed by atoms with Crippen LogP contribution in [-0.4, -0.2) is 78.5 Å². The number of amides is 1. The highest BCUT2D eigenvalue weighted by Gasteiger charge is 2.33. The van der Waals surface area contributed by atoms with Crippen LogP contribution in [0.15, 0.2) is 30.6 Å². The summed E-state index contributed by atoms with van der Waals surface area (Å²) in [6, 6.07) is 5.87. The molecule has 1 N–H and O–H groups in total. The van der Waals surface area contributed by atoms with Gasteiger partial charge < -0.3 is 24.4 Å². The number of halogens is 3. The van der Waals surface area contributed by atoms with E-state index in [1.807, 2.05) is 11.8 Å². The molecule has 0 spiro atoms. The van der Waals surface area contributed by atoms with Gasteiger partial charge in [-0.15, -0.1) is 0 Å². The minimum atomic E-state index is -4.35. The molecule has 0 aliphatic carbocycles. The van der Waals surface area contributed by atoms with Gasteiger partial charge in [-0.2, -0.15) is 13.2 Å². The smallest absolute Gasteiger partial charge is 0.379 e. The van der Waals surface area contributed by atoms with E-state index in [9.17, 15) is 18.0 Å². The van der Waals surface area contributed by atoms with Crippen molar-refractivity contribution in [1.29, 1.82) is 0 Å². The van der Waals surface area contributed by atoms with Crippen molar-refractivity contribution in [3.05, 3.63) is 58.7 Å². The van der Waals surface area contributed by atoms with Gasteiger partial charge >= 0.3 is 6.18 Å². The van der Waals surface area contributed by atoms with Gasteiger partial charge in [-0.25, -0.2) is 9.97 Å². The van der Waals surface area contributed by atoms with Gasteiger partial charge in [-0.3, -0.25) is 4.79 Å². The molecular weight excluding hydrogens is 549 g/mol. The Kier molecular flexibility index (Phi) is 10.1. The SMILES string of the molecule is CO[C@H]1COCC[C@H]1NC1CCN(C(=O)c2ncnc(CC[C@H]3CCC[C@@H](c4ccc(C(F)(F)F)cc4)O3)c2C)CC1. The number of rotatable bonds is 8. The first-order chi connectivity index (χ1) is 20.2. The Morgan fingerprint density at radius 3 is 2.57 bits per heavy atom. The number of nitrogens with one attached hydrogen (secondary N) is 1. The third-order valence-corrected chi connectivity index (χ3v) is 8.89. The number of hydrogen-bond acceptors (Lipinski definition) is 7. The zero-order valence-corrected chi connectivity index (χ0v) is 24.4. The summed E-state index contributed by atoms with van der Waals surface area (Å²) in [5, 5.41) is 3.72. The fraction of sp³-hybridized carbons (Fsp3) is 0.645. The van der Waals surface area contributed by atoms with Crippen molar-refractivity contribution in [2.75, 3.05) is 33.4 Å². The lowest BCUT2D eigenvalue weighted by molar-refractivity contribution is -0.137. The first-order valence-corrected chi connectivity index (χ1v) is 15.0. The lowest BCUT2D eigenvalue weighted by atomic mass is 9.95. The van der Waals surface area contributed by atoms with E-state index in [2.05, 4.69) is 15.3 Å². The predicted molar refractivity (Wildman–Crippen MR) is 150 cm³/mol. The third-order valence-electron chi connectivity index (χ3n) is 8.89. The normalized spacial score (nSPS) is 25.9. The van der Waals surface area contributed by atoms with Crippen LogP contribution in [-0.2, 0) is 26.8 Å². The number of hydrogen-bond donors (Lipinski definition) is 1. The Balaban J connectivity index is 1.13. The molecule has 230 valence electrons. The van der Waals surface area contributed by atoms with Crippen molar-refractivity contribution in [3.8, 4) is 0 Å². The second-order valence-corrected chi connectivity index (χ2v) is 11.6. The number of nitrogens with zero attached hydrogens (tertiary/aromatic N) is 3. The van der Waals surface area contributed by atoms with Gasteiger partial charge in [-0.05, 0) is 76.0 Å². The average Bonchev–Trinajstić information content (AvgIpc) is 3.01. The molecule has 3 fully saturated rings. The molecular formula is C31H41F3N4O4. The molecule has 0 radical (unpaired) electrons. The monoisotopic (exact) mass is 590 g/mol. The molecule has 0 unspecified atom stereocenters. The van der Waals surface area contributed by atoms with Crippen molar-refractivity contribution >= 4 is 5.91 Å². The number of benzene rings is 1. The molecule has 1 amide bonds. The lowest BCUT2D eigenvalue weighted by Crippen LogP contribution is -2.54. The van der Waals surface area contributed by atoms with Gasteiger partial charge in [0.25, 0.3) is 5.91 Å². The number of likely N-dealkylation sites (tertiary alicyclic amines) is 1. The van der Waals surface area contributed by atoms with Crippen molar-refractivity contribution < 1.29 is 32.2 Å². The van der Waals surface area contributed by atoms with Crippen LogP contribution in [0.3, 0.4) is 0 Å². The van der Waals surface area contributed by atoms with Crippen LogP contribution in [0.25, 0.3) is 0 Å². The molecule has 42 heavy (non-hydrogen) atoms. The molecule has 8 nitrogen and oxygen atoms in total. The fourth-order valence-corrected chi connectivity index (χ4v) is 6.33. The van der Waals surface area contributed by atoms with Crippen molar-refractivity contribution in [2.45, 2.75) is 94.9 Å². The molecule has 3 saturated heterocycles. The summed E-state index contributed by atoms with van der Waals surface area (Å²) in [6.45, 7) is 4.57. The van der Waals surface area contributed by atoms with Gasteiger partial charge in [-0.1, -0.05) is 12.1 Å². The highest BCUT2D eigenvalue weighted by molar-refractivity contribution is 5.93. The van der Waals surface area contributed by atoms with Crippen LogP contribution < -0.4 is 5.32 Å². The van der Waals surface area contributed by atoms with Crippen molar-refractivity contribution in [2.24, 2.45) is 0 Å². The van der Waals surface area contributed by atoms with E-state index in [1.54, 1.807) is 7.11 Å². The molecule has 3 aliphatic heterocycles. The largest absolute Gasteiger partial charge is 0.416 e. The van der Waals surface area contributed by atoms with Gasteiger partial charge in [0.2, 0.25) is 0 Å². The van der Waals surface area contributed by atoms with Gasteiger partial charge in [0, 0.05) is 50.1 Å². The van der Waals surface area contributed by atoms with Gasteiger partial charge in [0.1, 0.15) is 12.0 Å².